The second-order valence-corrected chi connectivity index (χ2v) is 9.98. The second-order valence-electron chi connectivity index (χ2n) is 7.61. The number of rotatable bonds is 8. The van der Waals surface area contributed by atoms with Gasteiger partial charge in [-0.25, -0.2) is 8.42 Å². The van der Waals surface area contributed by atoms with Gasteiger partial charge in [-0.05, 0) is 48.9 Å². The molecule has 0 saturated heterocycles. The maximum Gasteiger partial charge on any atom is 0.243 e. The maximum atomic E-state index is 13.2. The number of aryl methyl sites for hydroxylation is 1. The molecule has 0 aliphatic carbocycles. The lowest BCUT2D eigenvalue weighted by Gasteiger charge is -2.27. The number of aromatic nitrogens is 2. The van der Waals surface area contributed by atoms with Crippen LogP contribution in [0.25, 0.3) is 0 Å². The average molecular weight is 476 g/mol. The van der Waals surface area contributed by atoms with E-state index in [0.29, 0.717) is 43.6 Å². The van der Waals surface area contributed by atoms with Crippen molar-refractivity contribution in [3.63, 3.8) is 0 Å². The summed E-state index contributed by atoms with van der Waals surface area (Å²) in [6.45, 7) is 3.84. The molecule has 32 heavy (non-hydrogen) atoms. The highest BCUT2D eigenvalue weighted by molar-refractivity contribution is 7.89. The number of fused-ring (bicyclic) bond motifs is 1. The number of ether oxygens (including phenoxy) is 2. The van der Waals surface area contributed by atoms with Crippen molar-refractivity contribution in [3.8, 4) is 5.75 Å². The third kappa shape index (κ3) is 4.83. The Kier molecular flexibility index (Phi) is 6.85. The van der Waals surface area contributed by atoms with Crippen LogP contribution < -0.4 is 4.74 Å². The van der Waals surface area contributed by atoms with Crippen molar-refractivity contribution >= 4 is 21.6 Å². The molecular formula is C23H26ClN3O4S. The molecular weight excluding hydrogens is 450 g/mol. The lowest BCUT2D eigenvalue weighted by atomic mass is 10.1. The molecule has 0 bridgehead atoms. The topological polar surface area (TPSA) is 73.7 Å². The number of sulfonamides is 1. The molecule has 0 N–H and O–H groups in total. The molecule has 170 valence electrons. The van der Waals surface area contributed by atoms with Crippen LogP contribution in [0.4, 0.5) is 0 Å². The van der Waals surface area contributed by atoms with Crippen LogP contribution in [0.2, 0.25) is 5.02 Å². The zero-order valence-electron chi connectivity index (χ0n) is 18.1. The first-order valence-electron chi connectivity index (χ1n) is 10.5. The summed E-state index contributed by atoms with van der Waals surface area (Å²) >= 11 is 5.93. The van der Waals surface area contributed by atoms with Crippen LogP contribution in [0, 0.1) is 0 Å². The average Bonchev–Trinajstić information content (AvgIpc) is 3.11. The minimum Gasteiger partial charge on any atom is -0.494 e. The Bertz CT molecular complexity index is 1180. The van der Waals surface area contributed by atoms with Crippen molar-refractivity contribution in [2.75, 3.05) is 13.2 Å². The van der Waals surface area contributed by atoms with E-state index >= 15 is 0 Å². The van der Waals surface area contributed by atoms with Crippen molar-refractivity contribution in [1.82, 2.24) is 14.1 Å². The smallest absolute Gasteiger partial charge is 0.243 e. The quantitative estimate of drug-likeness (QED) is 0.493. The first kappa shape index (κ1) is 22.8. The van der Waals surface area contributed by atoms with Crippen molar-refractivity contribution < 1.29 is 17.9 Å². The van der Waals surface area contributed by atoms with Crippen LogP contribution in [-0.2, 0) is 48.0 Å². The van der Waals surface area contributed by atoms with Gasteiger partial charge in [-0.3, -0.25) is 4.68 Å². The molecule has 0 radical (unpaired) electrons. The van der Waals surface area contributed by atoms with E-state index in [2.05, 4.69) is 5.10 Å². The molecule has 0 saturated carbocycles. The van der Waals surface area contributed by atoms with Crippen LogP contribution in [0.3, 0.4) is 0 Å². The second kappa shape index (κ2) is 9.62. The van der Waals surface area contributed by atoms with Gasteiger partial charge in [0.1, 0.15) is 5.75 Å². The fourth-order valence-electron chi connectivity index (χ4n) is 3.84. The molecule has 7 nitrogen and oxygen atoms in total. The zero-order chi connectivity index (χ0) is 22.7. The number of nitrogens with zero attached hydrogens (tertiary/aromatic N) is 3. The Morgan fingerprint density at radius 1 is 1.06 bits per heavy atom. The Morgan fingerprint density at radius 2 is 1.78 bits per heavy atom. The van der Waals surface area contributed by atoms with E-state index in [1.54, 1.807) is 24.3 Å². The molecule has 4 rings (SSSR count). The highest BCUT2D eigenvalue weighted by Gasteiger charge is 2.32. The minimum atomic E-state index is -3.62. The molecule has 3 aromatic rings. The van der Waals surface area contributed by atoms with Crippen LogP contribution in [0.5, 0.6) is 5.75 Å². The first-order chi connectivity index (χ1) is 15.4. The molecule has 1 aromatic heterocycles. The summed E-state index contributed by atoms with van der Waals surface area (Å²) in [5.41, 5.74) is 3.75. The predicted molar refractivity (Wildman–Crippen MR) is 122 cm³/mol. The SMILES string of the molecule is CCOc1ccc(S(=O)(=O)N2CCc3c(c(COCc4ccc(Cl)cc4)nn3C)C2)cc1. The van der Waals surface area contributed by atoms with Gasteiger partial charge in [0.2, 0.25) is 10.0 Å². The van der Waals surface area contributed by atoms with E-state index in [0.717, 1.165) is 22.5 Å². The summed E-state index contributed by atoms with van der Waals surface area (Å²) < 4.78 is 41.1. The summed E-state index contributed by atoms with van der Waals surface area (Å²) in [4.78, 5) is 0.258. The summed E-state index contributed by atoms with van der Waals surface area (Å²) in [7, 11) is -1.74. The van der Waals surface area contributed by atoms with Crippen LogP contribution in [0.15, 0.2) is 53.4 Å². The fraction of sp³-hybridized carbons (Fsp3) is 0.348. The van der Waals surface area contributed by atoms with Gasteiger partial charge in [0.25, 0.3) is 0 Å². The summed E-state index contributed by atoms with van der Waals surface area (Å²) in [6, 6.07) is 14.0. The van der Waals surface area contributed by atoms with Crippen molar-refractivity contribution in [2.45, 2.75) is 38.0 Å². The molecule has 1 aliphatic heterocycles. The largest absolute Gasteiger partial charge is 0.494 e. The highest BCUT2D eigenvalue weighted by atomic mass is 35.5. The van der Waals surface area contributed by atoms with Gasteiger partial charge in [0, 0.05) is 42.8 Å². The van der Waals surface area contributed by atoms with Gasteiger partial charge >= 0.3 is 0 Å². The van der Waals surface area contributed by atoms with Gasteiger partial charge in [-0.15, -0.1) is 0 Å². The lowest BCUT2D eigenvalue weighted by molar-refractivity contribution is 0.103. The third-order valence-corrected chi connectivity index (χ3v) is 7.60. The summed E-state index contributed by atoms with van der Waals surface area (Å²) in [5.74, 6) is 0.653. The Labute approximate surface area is 193 Å². The van der Waals surface area contributed by atoms with E-state index in [9.17, 15) is 8.42 Å². The van der Waals surface area contributed by atoms with E-state index < -0.39 is 10.0 Å². The van der Waals surface area contributed by atoms with Gasteiger partial charge in [-0.2, -0.15) is 9.40 Å². The Balaban J connectivity index is 1.48. The number of hydrogen-bond acceptors (Lipinski definition) is 5. The first-order valence-corrected chi connectivity index (χ1v) is 12.3. The predicted octanol–water partition coefficient (Wildman–Crippen LogP) is 3.94. The summed E-state index contributed by atoms with van der Waals surface area (Å²) in [5, 5.41) is 5.27. The van der Waals surface area contributed by atoms with E-state index in [1.165, 1.54) is 4.31 Å². The highest BCUT2D eigenvalue weighted by Crippen LogP contribution is 2.28. The van der Waals surface area contributed by atoms with Crippen molar-refractivity contribution in [1.29, 1.82) is 0 Å². The number of halogens is 1. The molecule has 0 fully saturated rings. The van der Waals surface area contributed by atoms with E-state index in [1.807, 2.05) is 42.9 Å². The van der Waals surface area contributed by atoms with Gasteiger partial charge in [0.15, 0.2) is 0 Å². The fourth-order valence-corrected chi connectivity index (χ4v) is 5.37. The Morgan fingerprint density at radius 3 is 2.47 bits per heavy atom. The number of hydrogen-bond donors (Lipinski definition) is 0. The molecule has 0 spiro atoms. The molecule has 0 unspecified atom stereocenters. The third-order valence-electron chi connectivity index (χ3n) is 5.48. The molecule has 0 amide bonds. The Hall–Kier alpha value is -2.39. The minimum absolute atomic E-state index is 0.258. The van der Waals surface area contributed by atoms with E-state index in [-0.39, 0.29) is 11.4 Å². The zero-order valence-corrected chi connectivity index (χ0v) is 19.7. The maximum absolute atomic E-state index is 13.2. The standard InChI is InChI=1S/C23H26ClN3O4S/c1-3-31-19-8-10-20(11-9-19)32(28,29)27-13-12-23-21(14-27)22(25-26(23)2)16-30-15-17-4-6-18(24)7-5-17/h4-11H,3,12-16H2,1-2H3. The van der Waals surface area contributed by atoms with Crippen LogP contribution >= 0.6 is 11.6 Å². The molecule has 0 atom stereocenters. The summed E-state index contributed by atoms with van der Waals surface area (Å²) in [6.07, 6.45) is 0.603. The van der Waals surface area contributed by atoms with Gasteiger partial charge in [0.05, 0.1) is 30.4 Å². The van der Waals surface area contributed by atoms with Crippen LogP contribution in [0.1, 0.15) is 29.4 Å². The molecule has 2 heterocycles. The van der Waals surface area contributed by atoms with Crippen molar-refractivity contribution in [3.05, 3.63) is 76.1 Å². The van der Waals surface area contributed by atoms with Gasteiger partial charge in [-0.1, -0.05) is 23.7 Å². The monoisotopic (exact) mass is 475 g/mol. The normalized spacial score (nSPS) is 14.3. The molecule has 2 aromatic carbocycles. The van der Waals surface area contributed by atoms with E-state index in [4.69, 9.17) is 21.1 Å². The lowest BCUT2D eigenvalue weighted by Crippen LogP contribution is -2.36. The van der Waals surface area contributed by atoms with Gasteiger partial charge < -0.3 is 9.47 Å². The molecule has 9 heteroatoms. The number of benzene rings is 2. The van der Waals surface area contributed by atoms with Crippen LogP contribution in [-0.4, -0.2) is 35.7 Å². The molecule has 1 aliphatic rings. The van der Waals surface area contributed by atoms with Crippen molar-refractivity contribution in [2.24, 2.45) is 7.05 Å².